The molecule has 0 bridgehead atoms. The van der Waals surface area contributed by atoms with E-state index in [9.17, 15) is 23.7 Å². The van der Waals surface area contributed by atoms with Crippen LogP contribution < -0.4 is 4.74 Å². The van der Waals surface area contributed by atoms with Crippen LogP contribution in [0.2, 0.25) is 0 Å². The van der Waals surface area contributed by atoms with Gasteiger partial charge in [-0.25, -0.2) is 8.78 Å². The fraction of sp³-hybridized carbons (Fsp3) is 0.400. The third kappa shape index (κ3) is 3.12. The average molecular weight is 276 g/mol. The SMILES string of the molecule is COC(=O)Cc1cnc(C(F)F)c(OC)c1[N+](=O)[O-]. The molecule has 0 aromatic carbocycles. The predicted molar refractivity (Wildman–Crippen MR) is 58.1 cm³/mol. The van der Waals surface area contributed by atoms with Gasteiger partial charge in [-0.1, -0.05) is 0 Å². The van der Waals surface area contributed by atoms with E-state index < -0.39 is 40.9 Å². The number of aromatic nitrogens is 1. The lowest BCUT2D eigenvalue weighted by Gasteiger charge is -2.10. The minimum absolute atomic E-state index is 0.155. The zero-order valence-corrected chi connectivity index (χ0v) is 10.1. The molecule has 0 fully saturated rings. The molecule has 0 radical (unpaired) electrons. The summed E-state index contributed by atoms with van der Waals surface area (Å²) in [5.74, 6) is -1.40. The number of carbonyl (C=O) groups is 1. The molecule has 1 rings (SSSR count). The Morgan fingerprint density at radius 1 is 1.53 bits per heavy atom. The monoisotopic (exact) mass is 276 g/mol. The van der Waals surface area contributed by atoms with Crippen molar-refractivity contribution in [2.45, 2.75) is 12.8 Å². The van der Waals surface area contributed by atoms with E-state index >= 15 is 0 Å². The number of halogens is 2. The molecule has 0 aliphatic rings. The fourth-order valence-electron chi connectivity index (χ4n) is 1.45. The zero-order valence-electron chi connectivity index (χ0n) is 10.1. The molecule has 0 saturated carbocycles. The number of rotatable bonds is 5. The highest BCUT2D eigenvalue weighted by Crippen LogP contribution is 2.37. The molecule has 0 N–H and O–H groups in total. The van der Waals surface area contributed by atoms with E-state index in [0.29, 0.717) is 0 Å². The number of carbonyl (C=O) groups excluding carboxylic acids is 1. The van der Waals surface area contributed by atoms with Gasteiger partial charge in [-0.2, -0.15) is 0 Å². The maximum absolute atomic E-state index is 12.7. The van der Waals surface area contributed by atoms with Crippen LogP contribution in [0.5, 0.6) is 5.75 Å². The molecule has 0 aliphatic heterocycles. The van der Waals surface area contributed by atoms with Crippen LogP contribution in [-0.4, -0.2) is 30.1 Å². The van der Waals surface area contributed by atoms with E-state index in [1.165, 1.54) is 0 Å². The summed E-state index contributed by atoms with van der Waals surface area (Å²) in [6.45, 7) is 0. The van der Waals surface area contributed by atoms with Gasteiger partial charge in [-0.05, 0) is 0 Å². The number of hydrogen-bond acceptors (Lipinski definition) is 6. The van der Waals surface area contributed by atoms with Crippen LogP contribution in [0.25, 0.3) is 0 Å². The van der Waals surface area contributed by atoms with E-state index in [1.54, 1.807) is 0 Å². The number of nitrogens with zero attached hydrogens (tertiary/aromatic N) is 2. The molecular weight excluding hydrogens is 266 g/mol. The van der Waals surface area contributed by atoms with E-state index in [2.05, 4.69) is 14.5 Å². The highest BCUT2D eigenvalue weighted by molar-refractivity contribution is 5.75. The summed E-state index contributed by atoms with van der Waals surface area (Å²) in [7, 11) is 2.12. The second-order valence-electron chi connectivity index (χ2n) is 3.36. The summed E-state index contributed by atoms with van der Waals surface area (Å²) < 4.78 is 34.3. The third-order valence-electron chi connectivity index (χ3n) is 2.27. The van der Waals surface area contributed by atoms with E-state index in [-0.39, 0.29) is 5.56 Å². The Kier molecular flexibility index (Phi) is 4.67. The summed E-state index contributed by atoms with van der Waals surface area (Å²) in [5, 5.41) is 10.9. The molecule has 19 heavy (non-hydrogen) atoms. The maximum Gasteiger partial charge on any atom is 0.318 e. The lowest BCUT2D eigenvalue weighted by molar-refractivity contribution is -0.386. The first kappa shape index (κ1) is 14.7. The molecule has 1 heterocycles. The first-order valence-corrected chi connectivity index (χ1v) is 4.97. The number of hydrogen-bond donors (Lipinski definition) is 0. The Bertz CT molecular complexity index is 507. The van der Waals surface area contributed by atoms with Crippen molar-refractivity contribution in [2.75, 3.05) is 14.2 Å². The molecule has 0 aliphatic carbocycles. The number of nitro groups is 1. The predicted octanol–water partition coefficient (Wildman–Crippen LogP) is 1.65. The van der Waals surface area contributed by atoms with Gasteiger partial charge in [0.05, 0.1) is 31.1 Å². The second kappa shape index (κ2) is 6.03. The molecular formula is C10H10F2N2O5. The standard InChI is InChI=1S/C10H10F2N2O5/c1-18-6(15)3-5-4-13-7(10(11)12)9(19-2)8(5)14(16)17/h4,10H,3H2,1-2H3. The van der Waals surface area contributed by atoms with Gasteiger partial charge in [0.25, 0.3) is 6.43 Å². The number of esters is 1. The first-order chi connectivity index (χ1) is 8.92. The number of pyridine rings is 1. The molecule has 0 amide bonds. The van der Waals surface area contributed by atoms with Gasteiger partial charge < -0.3 is 9.47 Å². The molecule has 1 aromatic heterocycles. The normalized spacial score (nSPS) is 10.4. The van der Waals surface area contributed by atoms with Crippen LogP contribution in [0.15, 0.2) is 6.20 Å². The summed E-state index contributed by atoms with van der Waals surface area (Å²) in [5.41, 5.74) is -1.71. The maximum atomic E-state index is 12.7. The minimum Gasteiger partial charge on any atom is -0.489 e. The van der Waals surface area contributed by atoms with Crippen LogP contribution in [0, 0.1) is 10.1 Å². The summed E-state index contributed by atoms with van der Waals surface area (Å²) in [4.78, 5) is 24.6. The topological polar surface area (TPSA) is 91.6 Å². The Labute approximate surface area is 106 Å². The Balaban J connectivity index is 3.41. The fourth-order valence-corrected chi connectivity index (χ4v) is 1.45. The summed E-state index contributed by atoms with van der Waals surface area (Å²) >= 11 is 0. The van der Waals surface area contributed by atoms with Crippen molar-refractivity contribution in [3.05, 3.63) is 27.6 Å². The smallest absolute Gasteiger partial charge is 0.318 e. The zero-order chi connectivity index (χ0) is 14.6. The number of ether oxygens (including phenoxy) is 2. The van der Waals surface area contributed by atoms with Gasteiger partial charge in [0.2, 0.25) is 5.75 Å². The van der Waals surface area contributed by atoms with Crippen molar-refractivity contribution in [1.82, 2.24) is 4.98 Å². The van der Waals surface area contributed by atoms with Crippen molar-refractivity contribution in [3.8, 4) is 5.75 Å². The molecule has 0 saturated heterocycles. The van der Waals surface area contributed by atoms with Gasteiger partial charge in [0.15, 0.2) is 5.69 Å². The number of alkyl halides is 2. The van der Waals surface area contributed by atoms with Crippen LogP contribution in [0.4, 0.5) is 14.5 Å². The number of methoxy groups -OCH3 is 2. The van der Waals surface area contributed by atoms with Crippen molar-refractivity contribution in [1.29, 1.82) is 0 Å². The van der Waals surface area contributed by atoms with Gasteiger partial charge in [0, 0.05) is 6.20 Å². The Hall–Kier alpha value is -2.32. The first-order valence-electron chi connectivity index (χ1n) is 4.97. The van der Waals surface area contributed by atoms with E-state index in [1.807, 2.05) is 0 Å². The van der Waals surface area contributed by atoms with Gasteiger partial charge >= 0.3 is 11.7 Å². The second-order valence-corrected chi connectivity index (χ2v) is 3.36. The largest absolute Gasteiger partial charge is 0.489 e. The van der Waals surface area contributed by atoms with Crippen molar-refractivity contribution >= 4 is 11.7 Å². The lowest BCUT2D eigenvalue weighted by atomic mass is 10.1. The molecule has 104 valence electrons. The van der Waals surface area contributed by atoms with E-state index in [4.69, 9.17) is 0 Å². The molecule has 9 heteroatoms. The Morgan fingerprint density at radius 2 is 2.16 bits per heavy atom. The third-order valence-corrected chi connectivity index (χ3v) is 2.27. The van der Waals surface area contributed by atoms with Gasteiger partial charge in [-0.15, -0.1) is 0 Å². The van der Waals surface area contributed by atoms with Crippen LogP contribution in [-0.2, 0) is 16.0 Å². The van der Waals surface area contributed by atoms with Gasteiger partial charge in [0.1, 0.15) is 0 Å². The molecule has 0 unspecified atom stereocenters. The lowest BCUT2D eigenvalue weighted by Crippen LogP contribution is -2.10. The van der Waals surface area contributed by atoms with Crippen LogP contribution in [0.3, 0.4) is 0 Å². The van der Waals surface area contributed by atoms with Crippen LogP contribution >= 0.6 is 0 Å². The average Bonchev–Trinajstić information content (AvgIpc) is 2.36. The molecule has 0 atom stereocenters. The van der Waals surface area contributed by atoms with Crippen LogP contribution in [0.1, 0.15) is 17.7 Å². The summed E-state index contributed by atoms with van der Waals surface area (Å²) in [6.07, 6.45) is -2.64. The summed E-state index contributed by atoms with van der Waals surface area (Å²) in [6, 6.07) is 0. The van der Waals surface area contributed by atoms with Gasteiger partial charge in [-0.3, -0.25) is 19.9 Å². The Morgan fingerprint density at radius 3 is 2.58 bits per heavy atom. The van der Waals surface area contributed by atoms with Crippen molar-refractivity contribution < 1.29 is 28.0 Å². The quantitative estimate of drug-likeness (QED) is 0.461. The van der Waals surface area contributed by atoms with Crippen molar-refractivity contribution in [3.63, 3.8) is 0 Å². The minimum atomic E-state index is -3.03. The van der Waals surface area contributed by atoms with E-state index in [0.717, 1.165) is 20.4 Å². The molecule has 7 nitrogen and oxygen atoms in total. The molecule has 0 spiro atoms. The molecule has 1 aromatic rings. The van der Waals surface area contributed by atoms with Crippen molar-refractivity contribution in [2.24, 2.45) is 0 Å². The highest BCUT2D eigenvalue weighted by Gasteiger charge is 2.30. The highest BCUT2D eigenvalue weighted by atomic mass is 19.3.